The van der Waals surface area contributed by atoms with Gasteiger partial charge in [0.25, 0.3) is 5.92 Å². The van der Waals surface area contributed by atoms with Crippen molar-refractivity contribution in [2.45, 2.75) is 17.8 Å². The smallest absolute Gasteiger partial charge is 0.320 e. The Bertz CT molecular complexity index is 472. The molecule has 86 valence electrons. The first-order valence-corrected chi connectivity index (χ1v) is 4.45. The van der Waals surface area contributed by atoms with E-state index in [0.29, 0.717) is 0 Å². The van der Waals surface area contributed by atoms with Gasteiger partial charge in [-0.15, -0.1) is 0 Å². The average Bonchev–Trinajstić information content (AvgIpc) is 2.75. The lowest BCUT2D eigenvalue weighted by Crippen LogP contribution is -2.27. The number of hydrogen-bond acceptors (Lipinski definition) is 3. The van der Waals surface area contributed by atoms with Gasteiger partial charge in [0, 0.05) is 12.0 Å². The van der Waals surface area contributed by atoms with Crippen molar-refractivity contribution in [3.63, 3.8) is 0 Å². The Balaban J connectivity index is 2.59. The number of phenols is 2. The van der Waals surface area contributed by atoms with Crippen molar-refractivity contribution < 1.29 is 28.9 Å². The molecule has 0 radical (unpaired) electrons. The van der Waals surface area contributed by atoms with Crippen molar-refractivity contribution in [2.24, 2.45) is 0 Å². The highest BCUT2D eigenvalue weighted by molar-refractivity contribution is 5.89. The molecule has 1 unspecified atom stereocenters. The molecule has 2 rings (SSSR count). The van der Waals surface area contributed by atoms with Crippen molar-refractivity contribution in [3.05, 3.63) is 23.8 Å². The third kappa shape index (κ3) is 1.16. The van der Waals surface area contributed by atoms with Crippen LogP contribution in [0.4, 0.5) is 8.78 Å². The number of aromatic hydroxyl groups is 2. The molecular formula is C10H8F2O4. The molecule has 4 nitrogen and oxygen atoms in total. The number of phenolic OH excluding ortho intramolecular Hbond substituents is 2. The van der Waals surface area contributed by atoms with Crippen LogP contribution in [0.15, 0.2) is 18.2 Å². The summed E-state index contributed by atoms with van der Waals surface area (Å²) in [6.07, 6.45) is -0.869. The van der Waals surface area contributed by atoms with Crippen molar-refractivity contribution >= 4 is 5.97 Å². The highest BCUT2D eigenvalue weighted by Gasteiger charge is 2.78. The fourth-order valence-corrected chi connectivity index (χ4v) is 1.79. The minimum Gasteiger partial charge on any atom is -0.508 e. The molecule has 0 bridgehead atoms. The van der Waals surface area contributed by atoms with Crippen LogP contribution in [-0.4, -0.2) is 27.2 Å². The molecule has 1 aliphatic carbocycles. The van der Waals surface area contributed by atoms with E-state index in [1.54, 1.807) is 0 Å². The van der Waals surface area contributed by atoms with Crippen molar-refractivity contribution in [1.29, 1.82) is 0 Å². The first-order chi connectivity index (χ1) is 7.31. The van der Waals surface area contributed by atoms with Crippen LogP contribution in [0.3, 0.4) is 0 Å². The van der Waals surface area contributed by atoms with E-state index < -0.39 is 35.0 Å². The molecule has 0 amide bonds. The van der Waals surface area contributed by atoms with Crippen LogP contribution in [0.5, 0.6) is 11.5 Å². The van der Waals surface area contributed by atoms with Gasteiger partial charge in [-0.2, -0.15) is 0 Å². The molecule has 1 aliphatic rings. The molecule has 0 heterocycles. The number of benzene rings is 1. The lowest BCUT2D eigenvalue weighted by Gasteiger charge is -2.13. The molecule has 6 heteroatoms. The molecule has 1 fully saturated rings. The largest absolute Gasteiger partial charge is 0.508 e. The standard InChI is InChI=1S/C10H8F2O4/c11-10(12)4-9(10,8(15)16)6-3-5(13)1-2-7(6)14/h1-3,13-14H,4H2,(H,15,16). The number of halogens is 2. The van der Waals surface area contributed by atoms with E-state index in [0.717, 1.165) is 18.2 Å². The Morgan fingerprint density at radius 2 is 1.88 bits per heavy atom. The van der Waals surface area contributed by atoms with Gasteiger partial charge < -0.3 is 15.3 Å². The Morgan fingerprint density at radius 3 is 2.31 bits per heavy atom. The molecule has 1 atom stereocenters. The Morgan fingerprint density at radius 1 is 1.31 bits per heavy atom. The van der Waals surface area contributed by atoms with Gasteiger partial charge in [0.1, 0.15) is 11.5 Å². The number of alkyl halides is 2. The normalized spacial score (nSPS) is 26.4. The maximum atomic E-state index is 13.1. The predicted molar refractivity (Wildman–Crippen MR) is 48.6 cm³/mol. The topological polar surface area (TPSA) is 77.8 Å². The first kappa shape index (κ1) is 10.7. The Hall–Kier alpha value is -1.85. The summed E-state index contributed by atoms with van der Waals surface area (Å²) in [5.41, 5.74) is -2.86. The molecule has 0 aromatic heterocycles. The van der Waals surface area contributed by atoms with Crippen molar-refractivity contribution in [3.8, 4) is 11.5 Å². The maximum absolute atomic E-state index is 13.1. The van der Waals surface area contributed by atoms with Crippen LogP contribution < -0.4 is 0 Å². The Kier molecular flexibility index (Phi) is 1.89. The van der Waals surface area contributed by atoms with E-state index in [9.17, 15) is 18.7 Å². The molecule has 0 spiro atoms. The zero-order valence-corrected chi connectivity index (χ0v) is 7.94. The minimum atomic E-state index is -3.40. The fraction of sp³-hybridized carbons (Fsp3) is 0.300. The van der Waals surface area contributed by atoms with Gasteiger partial charge in [-0.3, -0.25) is 4.79 Å². The Labute approximate surface area is 88.8 Å². The zero-order valence-electron chi connectivity index (χ0n) is 7.94. The van der Waals surface area contributed by atoms with Crippen molar-refractivity contribution in [2.75, 3.05) is 0 Å². The highest BCUT2D eigenvalue weighted by Crippen LogP contribution is 2.63. The average molecular weight is 230 g/mol. The lowest BCUT2D eigenvalue weighted by molar-refractivity contribution is -0.143. The maximum Gasteiger partial charge on any atom is 0.320 e. The second-order valence-corrected chi connectivity index (χ2v) is 3.79. The third-order valence-electron chi connectivity index (χ3n) is 2.79. The van der Waals surface area contributed by atoms with Crippen LogP contribution in [0.1, 0.15) is 12.0 Å². The van der Waals surface area contributed by atoms with E-state index in [1.807, 2.05) is 0 Å². The summed E-state index contributed by atoms with van der Waals surface area (Å²) in [4.78, 5) is 10.9. The molecule has 1 aromatic rings. The number of carboxylic acid groups (broad SMARTS) is 1. The van der Waals surface area contributed by atoms with Gasteiger partial charge in [0.05, 0.1) is 0 Å². The minimum absolute atomic E-state index is 0.365. The molecule has 1 saturated carbocycles. The number of carbonyl (C=O) groups is 1. The quantitative estimate of drug-likeness (QED) is 0.672. The SMILES string of the molecule is O=C(O)C1(c2cc(O)ccc2O)CC1(F)F. The van der Waals surface area contributed by atoms with E-state index in [1.165, 1.54) is 0 Å². The predicted octanol–water partition coefficient (Wildman–Crippen LogP) is 1.46. The fourth-order valence-electron chi connectivity index (χ4n) is 1.79. The number of hydrogen-bond donors (Lipinski definition) is 3. The lowest BCUT2D eigenvalue weighted by atomic mass is 9.94. The van der Waals surface area contributed by atoms with Crippen LogP contribution in [0.2, 0.25) is 0 Å². The van der Waals surface area contributed by atoms with Gasteiger partial charge in [0.15, 0.2) is 5.41 Å². The van der Waals surface area contributed by atoms with E-state index in [2.05, 4.69) is 0 Å². The summed E-state index contributed by atoms with van der Waals surface area (Å²) in [6, 6.07) is 2.93. The summed E-state index contributed by atoms with van der Waals surface area (Å²) >= 11 is 0. The zero-order chi connectivity index (χ0) is 12.1. The molecular weight excluding hydrogens is 222 g/mol. The van der Waals surface area contributed by atoms with E-state index in [4.69, 9.17) is 10.2 Å². The third-order valence-corrected chi connectivity index (χ3v) is 2.79. The summed E-state index contributed by atoms with van der Waals surface area (Å²) in [6.45, 7) is 0. The van der Waals surface area contributed by atoms with Crippen molar-refractivity contribution in [1.82, 2.24) is 0 Å². The summed E-state index contributed by atoms with van der Waals surface area (Å²) in [5.74, 6) is -6.03. The van der Waals surface area contributed by atoms with Gasteiger partial charge >= 0.3 is 5.97 Å². The van der Waals surface area contributed by atoms with Crippen LogP contribution in [-0.2, 0) is 10.2 Å². The second kappa shape index (κ2) is 2.84. The van der Waals surface area contributed by atoms with Gasteiger partial charge in [-0.1, -0.05) is 0 Å². The van der Waals surface area contributed by atoms with Crippen LogP contribution >= 0.6 is 0 Å². The first-order valence-electron chi connectivity index (χ1n) is 4.45. The number of carboxylic acids is 1. The highest BCUT2D eigenvalue weighted by atomic mass is 19.3. The van der Waals surface area contributed by atoms with Gasteiger partial charge in [-0.05, 0) is 18.2 Å². The van der Waals surface area contributed by atoms with Gasteiger partial charge in [-0.25, -0.2) is 8.78 Å². The summed E-state index contributed by atoms with van der Waals surface area (Å²) < 4.78 is 26.3. The summed E-state index contributed by atoms with van der Waals surface area (Å²) in [7, 11) is 0. The molecule has 16 heavy (non-hydrogen) atoms. The number of aliphatic carboxylic acids is 1. The molecule has 0 saturated heterocycles. The summed E-state index contributed by atoms with van der Waals surface area (Å²) in [5, 5.41) is 27.4. The number of rotatable bonds is 2. The molecule has 0 aliphatic heterocycles. The molecule has 3 N–H and O–H groups in total. The van der Waals surface area contributed by atoms with Crippen LogP contribution in [0.25, 0.3) is 0 Å². The monoisotopic (exact) mass is 230 g/mol. The molecule has 1 aromatic carbocycles. The van der Waals surface area contributed by atoms with E-state index >= 15 is 0 Å². The second-order valence-electron chi connectivity index (χ2n) is 3.79. The van der Waals surface area contributed by atoms with Crippen LogP contribution in [0, 0.1) is 0 Å². The van der Waals surface area contributed by atoms with E-state index in [-0.39, 0.29) is 5.75 Å². The van der Waals surface area contributed by atoms with Gasteiger partial charge in [0.2, 0.25) is 0 Å².